The lowest BCUT2D eigenvalue weighted by molar-refractivity contribution is -0.140. The van der Waals surface area contributed by atoms with Gasteiger partial charge in [0.2, 0.25) is 11.8 Å². The first kappa shape index (κ1) is 20.0. The molecule has 0 aromatic heterocycles. The Kier molecular flexibility index (Phi) is 4.74. The minimum Gasteiger partial charge on any atom is -0.358 e. The molecule has 0 bridgehead atoms. The van der Waals surface area contributed by atoms with Crippen LogP contribution in [0.4, 0.5) is 5.69 Å². The lowest BCUT2D eigenvalue weighted by Gasteiger charge is -2.39. The Morgan fingerprint density at radius 3 is 2.52 bits per heavy atom. The number of halogens is 1. The van der Waals surface area contributed by atoms with Crippen LogP contribution in [0.2, 0.25) is 5.02 Å². The Hall–Kier alpha value is -2.32. The number of likely N-dealkylation sites (N-methyl/N-ethyl adjacent to an activating group) is 2. The van der Waals surface area contributed by atoms with Crippen LogP contribution in [-0.2, 0) is 19.8 Å². The molecule has 8 nitrogen and oxygen atoms in total. The monoisotopic (exact) mass is 419 g/mol. The van der Waals surface area contributed by atoms with Gasteiger partial charge < -0.3 is 20.9 Å². The summed E-state index contributed by atoms with van der Waals surface area (Å²) in [6.45, 7) is 0. The smallest absolute Gasteiger partial charge is 0.265 e. The second kappa shape index (κ2) is 6.88. The van der Waals surface area contributed by atoms with Crippen molar-refractivity contribution in [3.8, 4) is 0 Å². The minimum atomic E-state index is -1.78. The van der Waals surface area contributed by atoms with Crippen molar-refractivity contribution in [1.29, 1.82) is 0 Å². The number of fused-ring (bicyclic) bond motifs is 3. The van der Waals surface area contributed by atoms with Crippen LogP contribution in [0.3, 0.4) is 0 Å². The third kappa shape index (κ3) is 2.45. The SMILES string of the molecule is CNC(=O)C1N(C2CCCCC2)C(=O)C2(N)Nc3ccc(Cl)cc3C12C(=O)NC. The summed E-state index contributed by atoms with van der Waals surface area (Å²) < 4.78 is 0. The molecule has 5 N–H and O–H groups in total. The average Bonchev–Trinajstić information content (AvgIpc) is 3.11. The normalized spacial score (nSPS) is 31.1. The quantitative estimate of drug-likeness (QED) is 0.575. The van der Waals surface area contributed by atoms with Gasteiger partial charge in [0.25, 0.3) is 5.91 Å². The van der Waals surface area contributed by atoms with E-state index in [4.69, 9.17) is 17.3 Å². The number of nitrogens with one attached hydrogen (secondary N) is 3. The molecule has 1 aromatic rings. The topological polar surface area (TPSA) is 117 Å². The number of amides is 3. The van der Waals surface area contributed by atoms with Gasteiger partial charge in [-0.05, 0) is 36.6 Å². The molecule has 3 amide bonds. The van der Waals surface area contributed by atoms with E-state index in [1.165, 1.54) is 14.1 Å². The molecular weight excluding hydrogens is 394 g/mol. The first-order chi connectivity index (χ1) is 13.8. The Labute approximate surface area is 174 Å². The number of hydrogen-bond donors (Lipinski definition) is 4. The van der Waals surface area contributed by atoms with Crippen LogP contribution in [0, 0.1) is 0 Å². The van der Waals surface area contributed by atoms with E-state index in [1.54, 1.807) is 23.1 Å². The Balaban J connectivity index is 2.00. The van der Waals surface area contributed by atoms with Gasteiger partial charge in [0.05, 0.1) is 0 Å². The summed E-state index contributed by atoms with van der Waals surface area (Å²) in [5.74, 6) is -1.35. The van der Waals surface area contributed by atoms with E-state index in [0.29, 0.717) is 16.3 Å². The molecule has 9 heteroatoms. The Morgan fingerprint density at radius 1 is 1.21 bits per heavy atom. The average molecular weight is 420 g/mol. The van der Waals surface area contributed by atoms with E-state index < -0.39 is 34.8 Å². The second-order valence-electron chi connectivity index (χ2n) is 8.03. The maximum Gasteiger partial charge on any atom is 0.265 e. The lowest BCUT2D eigenvalue weighted by atomic mass is 9.68. The van der Waals surface area contributed by atoms with Gasteiger partial charge in [0.15, 0.2) is 11.1 Å². The Morgan fingerprint density at radius 2 is 1.90 bits per heavy atom. The van der Waals surface area contributed by atoms with E-state index in [9.17, 15) is 14.4 Å². The molecule has 2 heterocycles. The lowest BCUT2D eigenvalue weighted by Crippen LogP contribution is -2.69. The number of hydrogen-bond acceptors (Lipinski definition) is 5. The van der Waals surface area contributed by atoms with Gasteiger partial charge in [0.1, 0.15) is 6.04 Å². The number of carbonyl (C=O) groups excluding carboxylic acids is 3. The molecular formula is C20H26ClN5O3. The number of nitrogens with zero attached hydrogens (tertiary/aromatic N) is 1. The van der Waals surface area contributed by atoms with Gasteiger partial charge in [-0.15, -0.1) is 0 Å². The van der Waals surface area contributed by atoms with Crippen molar-refractivity contribution in [1.82, 2.24) is 15.5 Å². The third-order valence-electron chi connectivity index (χ3n) is 6.67. The minimum absolute atomic E-state index is 0.143. The summed E-state index contributed by atoms with van der Waals surface area (Å²) in [4.78, 5) is 42.0. The summed E-state index contributed by atoms with van der Waals surface area (Å²) in [5, 5.41) is 8.76. The van der Waals surface area contributed by atoms with Crippen molar-refractivity contribution in [3.63, 3.8) is 0 Å². The number of anilines is 1. The molecule has 3 atom stereocenters. The van der Waals surface area contributed by atoms with Gasteiger partial charge in [-0.1, -0.05) is 30.9 Å². The van der Waals surface area contributed by atoms with Crippen molar-refractivity contribution in [3.05, 3.63) is 28.8 Å². The van der Waals surface area contributed by atoms with Crippen LogP contribution >= 0.6 is 11.6 Å². The van der Waals surface area contributed by atoms with Crippen LogP contribution in [0.25, 0.3) is 0 Å². The first-order valence-corrected chi connectivity index (χ1v) is 10.3. The van der Waals surface area contributed by atoms with Gasteiger partial charge in [0, 0.05) is 30.8 Å². The largest absolute Gasteiger partial charge is 0.358 e. The first-order valence-electron chi connectivity index (χ1n) is 9.96. The van der Waals surface area contributed by atoms with Crippen molar-refractivity contribution in [2.75, 3.05) is 19.4 Å². The summed E-state index contributed by atoms with van der Waals surface area (Å²) >= 11 is 6.25. The standard InChI is InChI=1S/C20H26ClN5O3/c1-23-16(27)15-19(17(28)24-2)13-10-11(21)8-9-14(13)25-20(19,22)18(29)26(15)12-6-4-3-5-7-12/h8-10,12,15,25H,3-7,22H2,1-2H3,(H,23,27)(H,24,28). The third-order valence-corrected chi connectivity index (χ3v) is 6.90. The molecule has 0 spiro atoms. The predicted molar refractivity (Wildman–Crippen MR) is 109 cm³/mol. The highest BCUT2D eigenvalue weighted by Crippen LogP contribution is 2.55. The fourth-order valence-corrected chi connectivity index (χ4v) is 5.58. The van der Waals surface area contributed by atoms with Crippen LogP contribution in [0.5, 0.6) is 0 Å². The second-order valence-corrected chi connectivity index (χ2v) is 8.47. The van der Waals surface area contributed by atoms with E-state index >= 15 is 0 Å². The van der Waals surface area contributed by atoms with E-state index in [2.05, 4.69) is 16.0 Å². The number of carbonyl (C=O) groups is 3. The van der Waals surface area contributed by atoms with Gasteiger partial charge in [-0.3, -0.25) is 20.1 Å². The molecule has 3 unspecified atom stereocenters. The van der Waals surface area contributed by atoms with Gasteiger partial charge >= 0.3 is 0 Å². The van der Waals surface area contributed by atoms with Crippen molar-refractivity contribution in [2.24, 2.45) is 5.73 Å². The van der Waals surface area contributed by atoms with E-state index in [0.717, 1.165) is 32.1 Å². The molecule has 29 heavy (non-hydrogen) atoms. The van der Waals surface area contributed by atoms with Crippen LogP contribution < -0.4 is 21.7 Å². The summed E-state index contributed by atoms with van der Waals surface area (Å²) in [6.07, 6.45) is 4.59. The number of nitrogens with two attached hydrogens (primary N) is 1. The van der Waals surface area contributed by atoms with Crippen molar-refractivity contribution < 1.29 is 14.4 Å². The van der Waals surface area contributed by atoms with Crippen LogP contribution in [-0.4, -0.2) is 54.5 Å². The zero-order valence-corrected chi connectivity index (χ0v) is 17.3. The maximum absolute atomic E-state index is 13.8. The number of rotatable bonds is 3. The fraction of sp³-hybridized carbons (Fsp3) is 0.550. The van der Waals surface area contributed by atoms with E-state index in [1.807, 2.05) is 0 Å². The molecule has 156 valence electrons. The molecule has 1 saturated carbocycles. The summed E-state index contributed by atoms with van der Waals surface area (Å²) in [6, 6.07) is 3.75. The van der Waals surface area contributed by atoms with Crippen molar-refractivity contribution in [2.45, 2.75) is 55.3 Å². The van der Waals surface area contributed by atoms with Crippen LogP contribution in [0.1, 0.15) is 37.7 Å². The molecule has 2 fully saturated rings. The highest BCUT2D eigenvalue weighted by Gasteiger charge is 2.77. The highest BCUT2D eigenvalue weighted by molar-refractivity contribution is 6.31. The molecule has 2 aliphatic heterocycles. The fourth-order valence-electron chi connectivity index (χ4n) is 5.41. The molecule has 1 saturated heterocycles. The van der Waals surface area contributed by atoms with Crippen LogP contribution in [0.15, 0.2) is 18.2 Å². The molecule has 4 rings (SSSR count). The summed E-state index contributed by atoms with van der Waals surface area (Å²) in [7, 11) is 2.98. The number of benzene rings is 1. The van der Waals surface area contributed by atoms with Gasteiger partial charge in [-0.2, -0.15) is 0 Å². The predicted octanol–water partition coefficient (Wildman–Crippen LogP) is 0.694. The van der Waals surface area contributed by atoms with Gasteiger partial charge in [-0.25, -0.2) is 0 Å². The number of likely N-dealkylation sites (tertiary alicyclic amines) is 1. The zero-order valence-electron chi connectivity index (χ0n) is 16.5. The van der Waals surface area contributed by atoms with E-state index in [-0.39, 0.29) is 6.04 Å². The molecule has 3 aliphatic rings. The molecule has 1 aromatic carbocycles. The highest BCUT2D eigenvalue weighted by atomic mass is 35.5. The Bertz CT molecular complexity index is 887. The molecule has 0 radical (unpaired) electrons. The zero-order chi connectivity index (χ0) is 21.0. The maximum atomic E-state index is 13.8. The van der Waals surface area contributed by atoms with Crippen molar-refractivity contribution >= 4 is 35.0 Å². The molecule has 1 aliphatic carbocycles. The summed E-state index contributed by atoms with van der Waals surface area (Å²) in [5.41, 5.74) is 4.29.